The van der Waals surface area contributed by atoms with Crippen LogP contribution in [0.1, 0.15) is 19.5 Å². The molecule has 0 spiro atoms. The number of pyridine rings is 1. The lowest BCUT2D eigenvalue weighted by Crippen LogP contribution is -2.15. The summed E-state index contributed by atoms with van der Waals surface area (Å²) in [5.41, 5.74) is 3.06. The van der Waals surface area contributed by atoms with Gasteiger partial charge in [0.1, 0.15) is 11.8 Å². The van der Waals surface area contributed by atoms with E-state index in [0.29, 0.717) is 18.2 Å². The largest absolute Gasteiger partial charge is 0.308 e. The van der Waals surface area contributed by atoms with E-state index in [2.05, 4.69) is 24.9 Å². The molecule has 5 heteroatoms. The van der Waals surface area contributed by atoms with Gasteiger partial charge in [-0.25, -0.2) is 4.98 Å². The third kappa shape index (κ3) is 2.53. The van der Waals surface area contributed by atoms with E-state index in [1.807, 2.05) is 34.9 Å². The van der Waals surface area contributed by atoms with Crippen LogP contribution in [-0.2, 0) is 6.54 Å². The molecule has 0 fully saturated rings. The third-order valence-electron chi connectivity index (χ3n) is 3.44. The summed E-state index contributed by atoms with van der Waals surface area (Å²) < 4.78 is 2.76. The highest BCUT2D eigenvalue weighted by atomic mass is 32.1. The molecular weight excluding hydrogens is 294 g/mol. The van der Waals surface area contributed by atoms with Gasteiger partial charge in [-0.2, -0.15) is 5.26 Å². The topological polar surface area (TPSA) is 58.7 Å². The molecule has 1 aromatic carbocycles. The Morgan fingerprint density at radius 3 is 2.91 bits per heavy atom. The molecule has 3 aromatic rings. The minimum Gasteiger partial charge on any atom is -0.298 e. The van der Waals surface area contributed by atoms with E-state index in [4.69, 9.17) is 0 Å². The van der Waals surface area contributed by atoms with Crippen LogP contribution >= 0.6 is 11.3 Å². The van der Waals surface area contributed by atoms with Crippen LogP contribution in [0, 0.1) is 17.2 Å². The molecule has 0 aliphatic carbocycles. The van der Waals surface area contributed by atoms with E-state index in [1.165, 1.54) is 11.3 Å². The summed E-state index contributed by atoms with van der Waals surface area (Å²) >= 11 is 1.25. The maximum Gasteiger partial charge on any atom is 0.308 e. The second-order valence-electron chi connectivity index (χ2n) is 5.57. The summed E-state index contributed by atoms with van der Waals surface area (Å²) in [6.07, 6.45) is 1.61. The van der Waals surface area contributed by atoms with E-state index in [9.17, 15) is 10.1 Å². The molecule has 0 radical (unpaired) electrons. The number of hydrogen-bond acceptors (Lipinski definition) is 4. The van der Waals surface area contributed by atoms with Crippen LogP contribution in [0.3, 0.4) is 0 Å². The van der Waals surface area contributed by atoms with Gasteiger partial charge in [0.25, 0.3) is 0 Å². The van der Waals surface area contributed by atoms with Crippen molar-refractivity contribution in [1.29, 1.82) is 5.26 Å². The Kier molecular flexibility index (Phi) is 3.78. The zero-order valence-corrected chi connectivity index (χ0v) is 13.2. The summed E-state index contributed by atoms with van der Waals surface area (Å²) in [6.45, 7) is 4.91. The van der Waals surface area contributed by atoms with Gasteiger partial charge in [-0.05, 0) is 35.7 Å². The number of benzene rings is 1. The highest BCUT2D eigenvalue weighted by Gasteiger charge is 2.11. The average Bonchev–Trinajstić information content (AvgIpc) is 2.82. The van der Waals surface area contributed by atoms with E-state index in [1.54, 1.807) is 6.20 Å². The van der Waals surface area contributed by atoms with Gasteiger partial charge in [-0.3, -0.25) is 9.36 Å². The number of fused-ring (bicyclic) bond motifs is 1. The first-order valence-electron chi connectivity index (χ1n) is 7.09. The predicted molar refractivity (Wildman–Crippen MR) is 88.9 cm³/mol. The Labute approximate surface area is 132 Å². The zero-order chi connectivity index (χ0) is 15.7. The van der Waals surface area contributed by atoms with Crippen LogP contribution in [-0.4, -0.2) is 9.55 Å². The van der Waals surface area contributed by atoms with Gasteiger partial charge in [0.2, 0.25) is 0 Å². The van der Waals surface area contributed by atoms with Crippen molar-refractivity contribution in [3.63, 3.8) is 0 Å². The monoisotopic (exact) mass is 309 g/mol. The molecule has 0 unspecified atom stereocenters. The van der Waals surface area contributed by atoms with Gasteiger partial charge in [-0.15, -0.1) is 0 Å². The highest BCUT2D eigenvalue weighted by Crippen LogP contribution is 2.27. The van der Waals surface area contributed by atoms with Crippen molar-refractivity contribution in [2.24, 2.45) is 5.92 Å². The van der Waals surface area contributed by atoms with Gasteiger partial charge in [0, 0.05) is 18.3 Å². The molecule has 0 amide bonds. The third-order valence-corrected chi connectivity index (χ3v) is 4.38. The van der Waals surface area contributed by atoms with Crippen molar-refractivity contribution in [2.45, 2.75) is 20.4 Å². The first kappa shape index (κ1) is 14.5. The summed E-state index contributed by atoms with van der Waals surface area (Å²) in [6, 6.07) is 11.7. The molecule has 2 aromatic heterocycles. The molecular formula is C17H15N3OS. The van der Waals surface area contributed by atoms with Crippen LogP contribution in [0.15, 0.2) is 41.3 Å². The minimum absolute atomic E-state index is 0.0625. The number of aromatic nitrogens is 2. The molecule has 0 saturated heterocycles. The number of rotatable bonds is 3. The molecule has 0 atom stereocenters. The fraction of sp³-hybridized carbons (Fsp3) is 0.235. The summed E-state index contributed by atoms with van der Waals surface area (Å²) in [4.78, 5) is 16.3. The Bertz CT molecular complexity index is 931. The Balaban J connectivity index is 2.16. The lowest BCUT2D eigenvalue weighted by molar-refractivity contribution is 0.529. The number of thiazole rings is 1. The minimum atomic E-state index is 0.0625. The quantitative estimate of drug-likeness (QED) is 0.742. The lowest BCUT2D eigenvalue weighted by Gasteiger charge is -2.07. The Hall–Kier alpha value is -2.45. The van der Waals surface area contributed by atoms with Crippen molar-refractivity contribution < 1.29 is 0 Å². The van der Waals surface area contributed by atoms with Crippen molar-refractivity contribution >= 4 is 21.6 Å². The SMILES string of the molecule is CC(C)Cn1c(=O)sc2cc(-c3cccnc3C#N)ccc21. The van der Waals surface area contributed by atoms with E-state index < -0.39 is 0 Å². The standard InChI is InChI=1S/C17H15N3OS/c1-11(2)10-20-15-6-5-12(8-16(15)22-17(20)21)13-4-3-7-19-14(13)9-18/h3-8,11H,10H2,1-2H3. The van der Waals surface area contributed by atoms with Gasteiger partial charge < -0.3 is 0 Å². The smallest absolute Gasteiger partial charge is 0.298 e. The molecule has 3 rings (SSSR count). The van der Waals surface area contributed by atoms with Crippen LogP contribution in [0.4, 0.5) is 0 Å². The second kappa shape index (κ2) is 5.74. The predicted octanol–water partition coefficient (Wildman–Crippen LogP) is 3.65. The van der Waals surface area contributed by atoms with Gasteiger partial charge in [0.05, 0.1) is 10.2 Å². The normalized spacial score (nSPS) is 11.0. The fourth-order valence-corrected chi connectivity index (χ4v) is 3.44. The maximum atomic E-state index is 12.2. The van der Waals surface area contributed by atoms with Crippen molar-refractivity contribution in [3.05, 3.63) is 51.9 Å². The van der Waals surface area contributed by atoms with Crippen LogP contribution in [0.2, 0.25) is 0 Å². The zero-order valence-electron chi connectivity index (χ0n) is 12.4. The van der Waals surface area contributed by atoms with Crippen molar-refractivity contribution in [1.82, 2.24) is 9.55 Å². The van der Waals surface area contributed by atoms with Crippen LogP contribution < -0.4 is 4.87 Å². The number of nitrogens with zero attached hydrogens (tertiary/aromatic N) is 3. The first-order chi connectivity index (χ1) is 10.6. The molecule has 110 valence electrons. The maximum absolute atomic E-state index is 12.2. The highest BCUT2D eigenvalue weighted by molar-refractivity contribution is 7.16. The molecule has 0 aliphatic heterocycles. The van der Waals surface area contributed by atoms with E-state index in [-0.39, 0.29) is 4.87 Å². The first-order valence-corrected chi connectivity index (χ1v) is 7.90. The van der Waals surface area contributed by atoms with E-state index >= 15 is 0 Å². The summed E-state index contributed by atoms with van der Waals surface area (Å²) in [5.74, 6) is 0.415. The van der Waals surface area contributed by atoms with Gasteiger partial charge in [-0.1, -0.05) is 31.3 Å². The Morgan fingerprint density at radius 2 is 2.18 bits per heavy atom. The molecule has 0 saturated carbocycles. The molecule has 4 nitrogen and oxygen atoms in total. The molecule has 0 bridgehead atoms. The second-order valence-corrected chi connectivity index (χ2v) is 6.56. The summed E-state index contributed by atoms with van der Waals surface area (Å²) in [5, 5.41) is 9.18. The van der Waals surface area contributed by atoms with Crippen LogP contribution in [0.5, 0.6) is 0 Å². The number of nitriles is 1. The van der Waals surface area contributed by atoms with E-state index in [0.717, 1.165) is 21.3 Å². The number of hydrogen-bond donors (Lipinski definition) is 0. The fourth-order valence-electron chi connectivity index (χ4n) is 2.50. The van der Waals surface area contributed by atoms with Crippen molar-refractivity contribution in [2.75, 3.05) is 0 Å². The Morgan fingerprint density at radius 1 is 1.36 bits per heavy atom. The van der Waals surface area contributed by atoms with Gasteiger partial charge >= 0.3 is 4.87 Å². The van der Waals surface area contributed by atoms with Crippen LogP contribution in [0.25, 0.3) is 21.3 Å². The summed E-state index contributed by atoms with van der Waals surface area (Å²) in [7, 11) is 0. The van der Waals surface area contributed by atoms with Crippen molar-refractivity contribution in [3.8, 4) is 17.2 Å². The molecule has 0 N–H and O–H groups in total. The molecule has 22 heavy (non-hydrogen) atoms. The van der Waals surface area contributed by atoms with Gasteiger partial charge in [0.15, 0.2) is 0 Å². The lowest BCUT2D eigenvalue weighted by atomic mass is 10.0. The average molecular weight is 309 g/mol. The molecule has 2 heterocycles. The molecule has 0 aliphatic rings.